The molecule has 0 aliphatic heterocycles. The molecule has 0 saturated carbocycles. The molecule has 3 heteroatoms. The van der Waals surface area contributed by atoms with E-state index in [4.69, 9.17) is 11.2 Å². The molecule has 1 heterocycles. The van der Waals surface area contributed by atoms with Crippen molar-refractivity contribution >= 4 is 11.3 Å². The van der Waals surface area contributed by atoms with Crippen molar-refractivity contribution in [1.82, 2.24) is 4.98 Å². The maximum Gasteiger partial charge on any atom is 0.124 e. The van der Waals surface area contributed by atoms with E-state index in [1.54, 1.807) is 7.11 Å². The zero-order valence-electron chi connectivity index (χ0n) is 5.63. The average Bonchev–Trinajstić information content (AvgIpc) is 2.37. The molecule has 1 aromatic heterocycles. The fourth-order valence-corrected chi connectivity index (χ4v) is 1.27. The summed E-state index contributed by atoms with van der Waals surface area (Å²) in [6, 6.07) is 0. The zero-order valence-corrected chi connectivity index (χ0v) is 6.44. The van der Waals surface area contributed by atoms with Gasteiger partial charge < -0.3 is 4.74 Å². The predicted molar refractivity (Wildman–Crippen MR) is 40.8 cm³/mol. The first-order chi connectivity index (χ1) is 4.86. The van der Waals surface area contributed by atoms with Crippen LogP contribution in [0.2, 0.25) is 0 Å². The van der Waals surface area contributed by atoms with Crippen molar-refractivity contribution in [3.8, 4) is 12.3 Å². The number of methoxy groups -OCH3 is 1. The van der Waals surface area contributed by atoms with Crippen LogP contribution in [0.15, 0.2) is 5.38 Å². The van der Waals surface area contributed by atoms with E-state index in [1.807, 2.05) is 5.38 Å². The smallest absolute Gasteiger partial charge is 0.124 e. The van der Waals surface area contributed by atoms with E-state index in [2.05, 4.69) is 10.9 Å². The lowest BCUT2D eigenvalue weighted by Crippen LogP contribution is -1.85. The van der Waals surface area contributed by atoms with Crippen LogP contribution < -0.4 is 0 Å². The monoisotopic (exact) mass is 153 g/mol. The molecule has 0 radical (unpaired) electrons. The summed E-state index contributed by atoms with van der Waals surface area (Å²) >= 11 is 1.52. The average molecular weight is 153 g/mol. The molecule has 2 nitrogen and oxygen atoms in total. The first-order valence-electron chi connectivity index (χ1n) is 2.76. The Hall–Kier alpha value is -0.850. The summed E-state index contributed by atoms with van der Waals surface area (Å²) in [6.45, 7) is 0.548. The van der Waals surface area contributed by atoms with Crippen LogP contribution in [0.5, 0.6) is 0 Å². The third-order valence-electron chi connectivity index (χ3n) is 0.967. The van der Waals surface area contributed by atoms with Gasteiger partial charge in [-0.15, -0.1) is 17.8 Å². The van der Waals surface area contributed by atoms with E-state index in [-0.39, 0.29) is 0 Å². The minimum Gasteiger partial charge on any atom is -0.378 e. The van der Waals surface area contributed by atoms with E-state index >= 15 is 0 Å². The Labute approximate surface area is 63.9 Å². The number of rotatable bonds is 2. The Bertz CT molecular complexity index is 248. The lowest BCUT2D eigenvalue weighted by atomic mass is 10.5. The molecule has 0 aliphatic carbocycles. The van der Waals surface area contributed by atoms with Crippen molar-refractivity contribution < 1.29 is 4.74 Å². The van der Waals surface area contributed by atoms with E-state index in [0.717, 1.165) is 5.01 Å². The number of aromatic nitrogens is 1. The van der Waals surface area contributed by atoms with Gasteiger partial charge in [-0.1, -0.05) is 0 Å². The second-order valence-corrected chi connectivity index (χ2v) is 2.65. The topological polar surface area (TPSA) is 22.1 Å². The van der Waals surface area contributed by atoms with Gasteiger partial charge in [-0.3, -0.25) is 0 Å². The summed E-state index contributed by atoms with van der Waals surface area (Å²) in [6.07, 6.45) is 5.11. The first-order valence-corrected chi connectivity index (χ1v) is 3.64. The minimum absolute atomic E-state index is 0.548. The Kier molecular flexibility index (Phi) is 2.43. The van der Waals surface area contributed by atoms with Crippen LogP contribution in [0.25, 0.3) is 0 Å². The first kappa shape index (κ1) is 7.26. The SMILES string of the molecule is C#Cc1csc(COC)n1. The van der Waals surface area contributed by atoms with Gasteiger partial charge in [-0.2, -0.15) is 0 Å². The van der Waals surface area contributed by atoms with Crippen LogP contribution in [0.4, 0.5) is 0 Å². The van der Waals surface area contributed by atoms with Crippen molar-refractivity contribution in [3.63, 3.8) is 0 Å². The highest BCUT2D eigenvalue weighted by molar-refractivity contribution is 7.09. The Morgan fingerprint density at radius 3 is 3.20 bits per heavy atom. The molecule has 0 spiro atoms. The summed E-state index contributed by atoms with van der Waals surface area (Å²) in [5.41, 5.74) is 0.692. The Morgan fingerprint density at radius 2 is 2.70 bits per heavy atom. The standard InChI is InChI=1S/C7H7NOS/c1-3-6-5-10-7(8-6)4-9-2/h1,5H,4H2,2H3. The van der Waals surface area contributed by atoms with Gasteiger partial charge in [0.15, 0.2) is 0 Å². The third-order valence-corrected chi connectivity index (χ3v) is 1.79. The predicted octanol–water partition coefficient (Wildman–Crippen LogP) is 1.27. The van der Waals surface area contributed by atoms with Gasteiger partial charge in [0.25, 0.3) is 0 Å². The van der Waals surface area contributed by atoms with Gasteiger partial charge in [0.05, 0.1) is 6.61 Å². The van der Waals surface area contributed by atoms with Crippen molar-refractivity contribution in [2.75, 3.05) is 7.11 Å². The lowest BCUT2D eigenvalue weighted by molar-refractivity contribution is 0.184. The Morgan fingerprint density at radius 1 is 1.90 bits per heavy atom. The van der Waals surface area contributed by atoms with Gasteiger partial charge in [-0.05, 0) is 5.92 Å². The molecule has 0 N–H and O–H groups in total. The number of hydrogen-bond acceptors (Lipinski definition) is 3. The van der Waals surface area contributed by atoms with E-state index in [1.165, 1.54) is 11.3 Å². The summed E-state index contributed by atoms with van der Waals surface area (Å²) in [5.74, 6) is 2.45. The highest BCUT2D eigenvalue weighted by Gasteiger charge is 1.96. The number of hydrogen-bond donors (Lipinski definition) is 0. The van der Waals surface area contributed by atoms with Gasteiger partial charge in [0, 0.05) is 12.5 Å². The molecule has 0 aromatic carbocycles. The second kappa shape index (κ2) is 3.35. The fourth-order valence-electron chi connectivity index (χ4n) is 0.567. The molecule has 0 unspecified atom stereocenters. The maximum absolute atomic E-state index is 5.11. The van der Waals surface area contributed by atoms with E-state index < -0.39 is 0 Å². The Balaban J connectivity index is 2.71. The quantitative estimate of drug-likeness (QED) is 0.597. The fraction of sp³-hybridized carbons (Fsp3) is 0.286. The van der Waals surface area contributed by atoms with Crippen LogP contribution in [0, 0.1) is 12.3 Å². The van der Waals surface area contributed by atoms with Crippen molar-refractivity contribution in [3.05, 3.63) is 16.1 Å². The molecule has 0 bridgehead atoms. The lowest BCUT2D eigenvalue weighted by Gasteiger charge is -1.88. The molecular formula is C7H7NOS. The van der Waals surface area contributed by atoms with Gasteiger partial charge in [-0.25, -0.2) is 4.98 Å². The van der Waals surface area contributed by atoms with Gasteiger partial charge >= 0.3 is 0 Å². The molecule has 0 aliphatic rings. The van der Waals surface area contributed by atoms with Crippen molar-refractivity contribution in [2.45, 2.75) is 6.61 Å². The largest absolute Gasteiger partial charge is 0.378 e. The molecule has 0 fully saturated rings. The summed E-state index contributed by atoms with van der Waals surface area (Å²) < 4.78 is 4.87. The maximum atomic E-state index is 5.11. The minimum atomic E-state index is 0.548. The van der Waals surface area contributed by atoms with Crippen LogP contribution in [0.3, 0.4) is 0 Å². The number of terminal acetylenes is 1. The molecular weight excluding hydrogens is 146 g/mol. The second-order valence-electron chi connectivity index (χ2n) is 1.70. The third kappa shape index (κ3) is 1.56. The van der Waals surface area contributed by atoms with Crippen molar-refractivity contribution in [1.29, 1.82) is 0 Å². The molecule has 0 amide bonds. The normalized spacial score (nSPS) is 9.20. The molecule has 1 rings (SSSR count). The molecule has 10 heavy (non-hydrogen) atoms. The van der Waals surface area contributed by atoms with Crippen LogP contribution in [-0.4, -0.2) is 12.1 Å². The molecule has 52 valence electrons. The number of nitrogens with zero attached hydrogens (tertiary/aromatic N) is 1. The summed E-state index contributed by atoms with van der Waals surface area (Å²) in [5, 5.41) is 2.77. The van der Waals surface area contributed by atoms with Crippen LogP contribution in [0.1, 0.15) is 10.7 Å². The summed E-state index contributed by atoms with van der Waals surface area (Å²) in [4.78, 5) is 4.08. The number of ether oxygens (including phenoxy) is 1. The van der Waals surface area contributed by atoms with E-state index in [9.17, 15) is 0 Å². The number of thiazole rings is 1. The highest BCUT2D eigenvalue weighted by Crippen LogP contribution is 2.08. The van der Waals surface area contributed by atoms with Crippen LogP contribution >= 0.6 is 11.3 Å². The highest BCUT2D eigenvalue weighted by atomic mass is 32.1. The molecule has 1 aromatic rings. The van der Waals surface area contributed by atoms with Crippen molar-refractivity contribution in [2.24, 2.45) is 0 Å². The van der Waals surface area contributed by atoms with Gasteiger partial charge in [0.2, 0.25) is 0 Å². The zero-order chi connectivity index (χ0) is 7.40. The molecule has 0 atom stereocenters. The summed E-state index contributed by atoms with van der Waals surface area (Å²) in [7, 11) is 1.64. The van der Waals surface area contributed by atoms with Crippen LogP contribution in [-0.2, 0) is 11.3 Å². The van der Waals surface area contributed by atoms with Gasteiger partial charge in [0.1, 0.15) is 10.7 Å². The van der Waals surface area contributed by atoms with E-state index in [0.29, 0.717) is 12.3 Å². The molecule has 0 saturated heterocycles.